The van der Waals surface area contributed by atoms with Crippen LogP contribution in [0.15, 0.2) is 48.5 Å². The van der Waals surface area contributed by atoms with Crippen molar-refractivity contribution in [3.8, 4) is 11.5 Å². The lowest BCUT2D eigenvalue weighted by molar-refractivity contribution is 0.0913. The van der Waals surface area contributed by atoms with Crippen molar-refractivity contribution >= 4 is 0 Å². The highest BCUT2D eigenvalue weighted by Crippen LogP contribution is 2.35. The molecule has 2 nitrogen and oxygen atoms in total. The summed E-state index contributed by atoms with van der Waals surface area (Å²) in [6.45, 7) is 0.557. The number of fused-ring (bicyclic) bond motifs is 1. The molecule has 0 aromatic heterocycles. The largest absolute Gasteiger partial charge is 0.485 e. The van der Waals surface area contributed by atoms with Crippen LogP contribution in [0.5, 0.6) is 11.5 Å². The summed E-state index contributed by atoms with van der Waals surface area (Å²) in [6.07, 6.45) is -0.0236. The fraction of sp³-hybridized carbons (Fsp3) is 0.143. The summed E-state index contributed by atoms with van der Waals surface area (Å²) in [5, 5.41) is 0. The molecule has 0 bridgehead atoms. The molecule has 1 heterocycles. The zero-order valence-electron chi connectivity index (χ0n) is 8.72. The fourth-order valence-corrected chi connectivity index (χ4v) is 1.80. The molecule has 79 valence electrons. The number of benzene rings is 2. The van der Waals surface area contributed by atoms with Gasteiger partial charge in [-0.25, -0.2) is 0 Å². The van der Waals surface area contributed by atoms with Gasteiger partial charge in [0, 0.05) is 0 Å². The van der Waals surface area contributed by atoms with Gasteiger partial charge < -0.3 is 9.47 Å². The molecule has 2 aromatic carbocycles. The Kier molecular flexibility index (Phi) is 2.26. The maximum Gasteiger partial charge on any atom is 0.162 e. The summed E-state index contributed by atoms with van der Waals surface area (Å²) < 4.78 is 11.5. The number of hydrogen-bond donors (Lipinski definition) is 0. The molecule has 1 atom stereocenters. The van der Waals surface area contributed by atoms with E-state index in [4.69, 9.17) is 9.47 Å². The van der Waals surface area contributed by atoms with Gasteiger partial charge in [0.05, 0.1) is 0 Å². The van der Waals surface area contributed by atoms with Gasteiger partial charge in [-0.05, 0) is 23.8 Å². The molecule has 0 fully saturated rings. The minimum atomic E-state index is -0.0236. The van der Waals surface area contributed by atoms with E-state index in [1.807, 2.05) is 48.5 Å². The summed E-state index contributed by atoms with van der Waals surface area (Å²) in [5.74, 6) is 1.63. The molecule has 3 rings (SSSR count). The molecule has 2 heteroatoms. The summed E-state index contributed by atoms with van der Waals surface area (Å²) in [6, 6.07) is 18.5. The molecule has 0 saturated carbocycles. The maximum atomic E-state index is 5.88. The number of rotatable bonds is 1. The molecule has 1 aliphatic heterocycles. The standard InChI is InChI=1S/C14H11O2/c1-2-6-11(7-3-1)14-10-15-12-8-4-5-9-13(12)16-14/h2-9,14H,10H2. The van der Waals surface area contributed by atoms with Gasteiger partial charge in [-0.3, -0.25) is 0 Å². The predicted octanol–water partition coefficient (Wildman–Crippen LogP) is 3.00. The maximum absolute atomic E-state index is 5.88. The van der Waals surface area contributed by atoms with Crippen molar-refractivity contribution in [1.82, 2.24) is 0 Å². The Hall–Kier alpha value is -1.96. The van der Waals surface area contributed by atoms with Crippen molar-refractivity contribution in [3.05, 3.63) is 60.2 Å². The van der Waals surface area contributed by atoms with Gasteiger partial charge in [-0.15, -0.1) is 0 Å². The van der Waals surface area contributed by atoms with E-state index in [0.717, 1.165) is 17.1 Å². The molecule has 1 aliphatic rings. The quantitative estimate of drug-likeness (QED) is 0.722. The third-order valence-electron chi connectivity index (χ3n) is 2.62. The average Bonchev–Trinajstić information content (AvgIpc) is 2.39. The van der Waals surface area contributed by atoms with Crippen LogP contribution < -0.4 is 9.47 Å². The van der Waals surface area contributed by atoms with Gasteiger partial charge in [-0.1, -0.05) is 36.4 Å². The molecule has 16 heavy (non-hydrogen) atoms. The van der Waals surface area contributed by atoms with E-state index in [-0.39, 0.29) is 6.10 Å². The first-order chi connectivity index (χ1) is 7.93. The van der Waals surface area contributed by atoms with Crippen molar-refractivity contribution in [1.29, 1.82) is 0 Å². The molecule has 0 amide bonds. The Balaban J connectivity index is 1.89. The highest BCUT2D eigenvalue weighted by Gasteiger charge is 2.21. The third-order valence-corrected chi connectivity index (χ3v) is 2.62. The molecule has 2 aromatic rings. The molecule has 0 N–H and O–H groups in total. The lowest BCUT2D eigenvalue weighted by atomic mass is 10.1. The topological polar surface area (TPSA) is 18.5 Å². The van der Waals surface area contributed by atoms with Gasteiger partial charge >= 0.3 is 0 Å². The molecule has 0 spiro atoms. The van der Waals surface area contributed by atoms with Crippen molar-refractivity contribution in [2.24, 2.45) is 0 Å². The highest BCUT2D eigenvalue weighted by atomic mass is 16.6. The second-order valence-corrected chi connectivity index (χ2v) is 3.70. The normalized spacial score (nSPS) is 18.1. The first kappa shape index (κ1) is 9.28. The van der Waals surface area contributed by atoms with Crippen LogP contribution in [0, 0.1) is 6.07 Å². The van der Waals surface area contributed by atoms with Crippen molar-refractivity contribution in [2.75, 3.05) is 6.61 Å². The molecular weight excluding hydrogens is 200 g/mol. The molecule has 0 saturated heterocycles. The van der Waals surface area contributed by atoms with Crippen molar-refractivity contribution in [3.63, 3.8) is 0 Å². The Morgan fingerprint density at radius 3 is 2.56 bits per heavy atom. The van der Waals surface area contributed by atoms with Gasteiger partial charge in [0.15, 0.2) is 17.6 Å². The third kappa shape index (κ3) is 1.63. The van der Waals surface area contributed by atoms with Crippen molar-refractivity contribution < 1.29 is 9.47 Å². The van der Waals surface area contributed by atoms with E-state index in [1.54, 1.807) is 0 Å². The summed E-state index contributed by atoms with van der Waals surface area (Å²) in [4.78, 5) is 0. The molecule has 0 aliphatic carbocycles. The van der Waals surface area contributed by atoms with Crippen LogP contribution in [0.2, 0.25) is 0 Å². The summed E-state index contributed by atoms with van der Waals surface area (Å²) in [5.41, 5.74) is 1.12. The molecule has 1 radical (unpaired) electrons. The Bertz CT molecular complexity index is 479. The zero-order chi connectivity index (χ0) is 10.8. The number of para-hydroxylation sites is 2. The lowest BCUT2D eigenvalue weighted by Crippen LogP contribution is -2.21. The first-order valence-electron chi connectivity index (χ1n) is 5.28. The van der Waals surface area contributed by atoms with E-state index in [0.29, 0.717) is 6.61 Å². The zero-order valence-corrected chi connectivity index (χ0v) is 8.72. The summed E-state index contributed by atoms with van der Waals surface area (Å²) >= 11 is 0. The van der Waals surface area contributed by atoms with Crippen LogP contribution in [-0.2, 0) is 0 Å². The van der Waals surface area contributed by atoms with E-state index >= 15 is 0 Å². The lowest BCUT2D eigenvalue weighted by Gasteiger charge is -2.26. The summed E-state index contributed by atoms with van der Waals surface area (Å²) in [7, 11) is 0. The van der Waals surface area contributed by atoms with E-state index < -0.39 is 0 Å². The first-order valence-corrected chi connectivity index (χ1v) is 5.28. The van der Waals surface area contributed by atoms with Gasteiger partial charge in [0.25, 0.3) is 0 Å². The second-order valence-electron chi connectivity index (χ2n) is 3.70. The van der Waals surface area contributed by atoms with Gasteiger partial charge in [0.2, 0.25) is 0 Å². The SMILES string of the molecule is [c]1ccc(C2COc3ccccc3O2)cc1. The van der Waals surface area contributed by atoms with Crippen molar-refractivity contribution in [2.45, 2.75) is 6.10 Å². The van der Waals surface area contributed by atoms with Crippen LogP contribution >= 0.6 is 0 Å². The van der Waals surface area contributed by atoms with E-state index in [2.05, 4.69) is 6.07 Å². The van der Waals surface area contributed by atoms with Crippen LogP contribution in [0.1, 0.15) is 11.7 Å². The van der Waals surface area contributed by atoms with E-state index in [9.17, 15) is 0 Å². The minimum absolute atomic E-state index is 0.0236. The second kappa shape index (κ2) is 3.89. The average molecular weight is 211 g/mol. The van der Waals surface area contributed by atoms with Gasteiger partial charge in [0.1, 0.15) is 6.61 Å². The Morgan fingerprint density at radius 1 is 1.00 bits per heavy atom. The van der Waals surface area contributed by atoms with Crippen LogP contribution in [-0.4, -0.2) is 6.61 Å². The Labute approximate surface area is 94.4 Å². The van der Waals surface area contributed by atoms with Crippen LogP contribution in [0.4, 0.5) is 0 Å². The molecular formula is C14H11O2. The number of ether oxygens (including phenoxy) is 2. The Morgan fingerprint density at radius 2 is 1.75 bits per heavy atom. The van der Waals surface area contributed by atoms with Gasteiger partial charge in [-0.2, -0.15) is 0 Å². The van der Waals surface area contributed by atoms with E-state index in [1.165, 1.54) is 0 Å². The molecule has 1 unspecified atom stereocenters. The monoisotopic (exact) mass is 211 g/mol. The smallest absolute Gasteiger partial charge is 0.162 e. The van der Waals surface area contributed by atoms with Crippen LogP contribution in [0.25, 0.3) is 0 Å². The fourth-order valence-electron chi connectivity index (χ4n) is 1.80. The highest BCUT2D eigenvalue weighted by molar-refractivity contribution is 5.41. The predicted molar refractivity (Wildman–Crippen MR) is 60.6 cm³/mol. The number of hydrogen-bond acceptors (Lipinski definition) is 2. The van der Waals surface area contributed by atoms with Crippen LogP contribution in [0.3, 0.4) is 0 Å². The minimum Gasteiger partial charge on any atom is -0.485 e.